The van der Waals surface area contributed by atoms with Crippen molar-refractivity contribution < 1.29 is 9.21 Å². The molecule has 1 aromatic carbocycles. The lowest BCUT2D eigenvalue weighted by molar-refractivity contribution is -0.116. The van der Waals surface area contributed by atoms with Crippen molar-refractivity contribution in [3.63, 3.8) is 0 Å². The van der Waals surface area contributed by atoms with Gasteiger partial charge >= 0.3 is 0 Å². The number of hydrogen-bond acceptors (Lipinski definition) is 4. The van der Waals surface area contributed by atoms with E-state index in [0.717, 1.165) is 23.6 Å². The van der Waals surface area contributed by atoms with Gasteiger partial charge in [-0.2, -0.15) is 0 Å². The molecule has 0 aliphatic carbocycles. The Balaban J connectivity index is 1.66. The van der Waals surface area contributed by atoms with Crippen molar-refractivity contribution in [2.45, 2.75) is 52.0 Å². The van der Waals surface area contributed by atoms with Crippen molar-refractivity contribution in [1.29, 1.82) is 0 Å². The number of carbonyl (C=O) groups is 1. The second-order valence-electron chi connectivity index (χ2n) is 7.98. The summed E-state index contributed by atoms with van der Waals surface area (Å²) in [5.41, 5.74) is 1.96. The number of carbonyl (C=O) groups excluding carboxylic acids is 1. The molecule has 1 atom stereocenters. The summed E-state index contributed by atoms with van der Waals surface area (Å²) in [6, 6.07) is 7.93. The Morgan fingerprint density at radius 2 is 2.11 bits per heavy atom. The van der Waals surface area contributed by atoms with Crippen LogP contribution in [-0.2, 0) is 16.8 Å². The minimum atomic E-state index is -0.0767. The van der Waals surface area contributed by atoms with Crippen molar-refractivity contribution in [1.82, 2.24) is 15.6 Å². The molecule has 2 aromatic rings. The fourth-order valence-corrected chi connectivity index (χ4v) is 3.12. The van der Waals surface area contributed by atoms with E-state index in [2.05, 4.69) is 52.8 Å². The number of rotatable bonds is 5. The molecule has 0 saturated heterocycles. The molecule has 28 heavy (non-hydrogen) atoms. The number of anilines is 1. The SMILES string of the molecule is CCNC(=NCc1ncc(C(C)(C)C)o1)NCC1CC(=O)Nc2ccccc21. The van der Waals surface area contributed by atoms with Gasteiger partial charge in [-0.15, -0.1) is 0 Å². The maximum absolute atomic E-state index is 12.0. The number of para-hydroxylation sites is 1. The van der Waals surface area contributed by atoms with Crippen LogP contribution in [0.3, 0.4) is 0 Å². The lowest BCUT2D eigenvalue weighted by atomic mass is 9.90. The first kappa shape index (κ1) is 19.9. The Labute approximate surface area is 166 Å². The first-order chi connectivity index (χ1) is 13.4. The van der Waals surface area contributed by atoms with Crippen molar-refractivity contribution in [2.24, 2.45) is 4.99 Å². The molecule has 0 radical (unpaired) electrons. The normalized spacial score (nSPS) is 17.1. The minimum absolute atomic E-state index is 0.0435. The van der Waals surface area contributed by atoms with E-state index in [1.807, 2.05) is 25.1 Å². The number of aliphatic imine (C=N–C) groups is 1. The fraction of sp³-hybridized carbons (Fsp3) is 0.476. The average molecular weight is 383 g/mol. The third-order valence-electron chi connectivity index (χ3n) is 4.63. The zero-order valence-corrected chi connectivity index (χ0v) is 17.0. The molecule has 150 valence electrons. The summed E-state index contributed by atoms with van der Waals surface area (Å²) in [5.74, 6) is 2.26. The molecule has 3 N–H and O–H groups in total. The number of aromatic nitrogens is 1. The number of hydrogen-bond donors (Lipinski definition) is 3. The zero-order valence-electron chi connectivity index (χ0n) is 17.0. The summed E-state index contributed by atoms with van der Waals surface area (Å²) < 4.78 is 5.80. The van der Waals surface area contributed by atoms with Gasteiger partial charge in [0.05, 0.1) is 6.20 Å². The molecule has 1 amide bonds. The maximum Gasteiger partial charge on any atom is 0.225 e. The number of guanidine groups is 1. The van der Waals surface area contributed by atoms with Gasteiger partial charge in [0, 0.05) is 36.5 Å². The van der Waals surface area contributed by atoms with E-state index in [0.29, 0.717) is 31.4 Å². The summed E-state index contributed by atoms with van der Waals surface area (Å²) in [7, 11) is 0. The quantitative estimate of drug-likeness (QED) is 0.545. The van der Waals surface area contributed by atoms with E-state index in [1.54, 1.807) is 6.20 Å². The topological polar surface area (TPSA) is 91.6 Å². The van der Waals surface area contributed by atoms with Gasteiger partial charge in [-0.05, 0) is 18.6 Å². The maximum atomic E-state index is 12.0. The van der Waals surface area contributed by atoms with Gasteiger partial charge in [-0.1, -0.05) is 39.0 Å². The van der Waals surface area contributed by atoms with Gasteiger partial charge in [0.1, 0.15) is 12.3 Å². The fourth-order valence-electron chi connectivity index (χ4n) is 3.12. The van der Waals surface area contributed by atoms with Crippen molar-refractivity contribution in [3.05, 3.63) is 47.7 Å². The highest BCUT2D eigenvalue weighted by molar-refractivity contribution is 5.94. The Bertz CT molecular complexity index is 850. The van der Waals surface area contributed by atoms with Crippen LogP contribution in [0.1, 0.15) is 57.2 Å². The lowest BCUT2D eigenvalue weighted by Crippen LogP contribution is -2.40. The van der Waals surface area contributed by atoms with Crippen LogP contribution in [0.2, 0.25) is 0 Å². The molecule has 0 bridgehead atoms. The van der Waals surface area contributed by atoms with Crippen LogP contribution in [0.15, 0.2) is 39.9 Å². The molecule has 0 saturated carbocycles. The number of nitrogens with one attached hydrogen (secondary N) is 3. The predicted octanol–water partition coefficient (Wildman–Crippen LogP) is 3.15. The first-order valence-corrected chi connectivity index (χ1v) is 9.73. The summed E-state index contributed by atoms with van der Waals surface area (Å²) in [6.07, 6.45) is 2.22. The molecule has 7 nitrogen and oxygen atoms in total. The van der Waals surface area contributed by atoms with Crippen LogP contribution in [0.4, 0.5) is 5.69 Å². The highest BCUT2D eigenvalue weighted by atomic mass is 16.4. The highest BCUT2D eigenvalue weighted by Crippen LogP contribution is 2.31. The van der Waals surface area contributed by atoms with Crippen molar-refractivity contribution in [2.75, 3.05) is 18.4 Å². The standard InChI is InChI=1S/C21H29N5O2/c1-5-22-20(25-13-19-23-12-17(28-19)21(2,3)4)24-11-14-10-18(27)26-16-9-7-6-8-15(14)16/h6-9,12,14H,5,10-11,13H2,1-4H3,(H,26,27)(H2,22,24,25). The van der Waals surface area contributed by atoms with Crippen LogP contribution in [0.5, 0.6) is 0 Å². The lowest BCUT2D eigenvalue weighted by Gasteiger charge is -2.26. The van der Waals surface area contributed by atoms with Crippen LogP contribution in [0.25, 0.3) is 0 Å². The second kappa shape index (κ2) is 8.46. The van der Waals surface area contributed by atoms with Crippen LogP contribution >= 0.6 is 0 Å². The predicted molar refractivity (Wildman–Crippen MR) is 110 cm³/mol. The molecule has 0 spiro atoms. The zero-order chi connectivity index (χ0) is 20.1. The third-order valence-corrected chi connectivity index (χ3v) is 4.63. The summed E-state index contributed by atoms with van der Waals surface area (Å²) in [6.45, 7) is 10.00. The highest BCUT2D eigenvalue weighted by Gasteiger charge is 2.25. The Hall–Kier alpha value is -2.83. The van der Waals surface area contributed by atoms with Crippen LogP contribution in [0, 0.1) is 0 Å². The largest absolute Gasteiger partial charge is 0.443 e. The van der Waals surface area contributed by atoms with E-state index >= 15 is 0 Å². The Morgan fingerprint density at radius 1 is 1.32 bits per heavy atom. The van der Waals surface area contributed by atoms with Gasteiger partial charge in [0.15, 0.2) is 5.96 Å². The number of fused-ring (bicyclic) bond motifs is 1. The van der Waals surface area contributed by atoms with E-state index in [4.69, 9.17) is 4.42 Å². The van der Waals surface area contributed by atoms with Crippen LogP contribution in [-0.4, -0.2) is 29.9 Å². The van der Waals surface area contributed by atoms with E-state index in [9.17, 15) is 4.79 Å². The first-order valence-electron chi connectivity index (χ1n) is 9.73. The number of benzene rings is 1. The van der Waals surface area contributed by atoms with Crippen molar-refractivity contribution >= 4 is 17.6 Å². The van der Waals surface area contributed by atoms with Gasteiger partial charge < -0.3 is 20.4 Å². The number of amides is 1. The molecular weight excluding hydrogens is 354 g/mol. The third kappa shape index (κ3) is 4.91. The molecule has 1 aromatic heterocycles. The van der Waals surface area contributed by atoms with Crippen LogP contribution < -0.4 is 16.0 Å². The molecule has 3 rings (SSSR count). The van der Waals surface area contributed by atoms with E-state index in [-0.39, 0.29) is 17.2 Å². The van der Waals surface area contributed by atoms with Crippen molar-refractivity contribution in [3.8, 4) is 0 Å². The van der Waals surface area contributed by atoms with Gasteiger partial charge in [0.2, 0.25) is 11.8 Å². The Morgan fingerprint density at radius 3 is 2.82 bits per heavy atom. The summed E-state index contributed by atoms with van der Waals surface area (Å²) in [5, 5.41) is 9.51. The molecule has 0 fully saturated rings. The summed E-state index contributed by atoms with van der Waals surface area (Å²) >= 11 is 0. The minimum Gasteiger partial charge on any atom is -0.443 e. The molecular formula is C21H29N5O2. The Kier molecular flexibility index (Phi) is 6.02. The smallest absolute Gasteiger partial charge is 0.225 e. The number of oxazole rings is 1. The number of nitrogens with zero attached hydrogens (tertiary/aromatic N) is 2. The molecule has 1 unspecified atom stereocenters. The average Bonchev–Trinajstić information content (AvgIpc) is 3.13. The molecule has 7 heteroatoms. The monoisotopic (exact) mass is 383 g/mol. The van der Waals surface area contributed by atoms with Gasteiger partial charge in [-0.25, -0.2) is 9.98 Å². The molecule has 1 aliphatic heterocycles. The van der Waals surface area contributed by atoms with E-state index in [1.165, 1.54) is 0 Å². The molecule has 1 aliphatic rings. The van der Waals surface area contributed by atoms with E-state index < -0.39 is 0 Å². The second-order valence-corrected chi connectivity index (χ2v) is 7.98. The summed E-state index contributed by atoms with van der Waals surface area (Å²) in [4.78, 5) is 20.9. The molecule has 2 heterocycles. The van der Waals surface area contributed by atoms with Gasteiger partial charge in [-0.3, -0.25) is 4.79 Å². The van der Waals surface area contributed by atoms with Gasteiger partial charge in [0.25, 0.3) is 0 Å².